The molecule has 12 heteroatoms. The quantitative estimate of drug-likeness (QED) is 0.0169. The van der Waals surface area contributed by atoms with Gasteiger partial charge < -0.3 is 14.2 Å². The third-order valence-corrected chi connectivity index (χ3v) is 24.3. The van der Waals surface area contributed by atoms with Gasteiger partial charge in [-0.3, -0.25) is 0 Å². The molecule has 11 rings (SSSR count). The van der Waals surface area contributed by atoms with Gasteiger partial charge >= 0.3 is 35.0 Å². The Morgan fingerprint density at radius 1 is 0.427 bits per heavy atom. The van der Waals surface area contributed by atoms with Crippen molar-refractivity contribution in [3.05, 3.63) is 317 Å². The molecule has 536 valence electrons. The summed E-state index contributed by atoms with van der Waals surface area (Å²) in [6.07, 6.45) is 35.5. The number of terminal acetylenes is 1. The Bertz CT molecular complexity index is 4030. The molecule has 10 aromatic rings. The van der Waals surface area contributed by atoms with E-state index in [9.17, 15) is 0 Å². The van der Waals surface area contributed by atoms with Crippen LogP contribution in [-0.2, 0) is 15.9 Å². The average Bonchev–Trinajstić information content (AvgIpc) is 1.72. The first-order valence-electron chi connectivity index (χ1n) is 35.4. The van der Waals surface area contributed by atoms with E-state index in [1.807, 2.05) is 84.9 Å². The molecule has 0 atom stereocenters. The fourth-order valence-corrected chi connectivity index (χ4v) is 18.5. The van der Waals surface area contributed by atoms with E-state index in [4.69, 9.17) is 39.7 Å². The molecule has 0 radical (unpaired) electrons. The third kappa shape index (κ3) is 34.5. The van der Waals surface area contributed by atoms with E-state index >= 15 is 0 Å². The summed E-state index contributed by atoms with van der Waals surface area (Å²) in [5, 5.41) is 8.33. The standard InChI is InChI=1S/C35H42O2S.C18H15P.C18H14P.C15H20O.C5H4Br2S.2ClH.Pd/c1-4-6-8-10-12-26-36-32-20-14-30(15-21-32)18-24-34-28-29(3)35(38-34)25-19-31-16-22-33(23-17-31)37-27-13-11-9-7-5-2;2*1-4-10-16(11-5-1)19(17-12-6-2-7-13-17)18-14-8-3-9-15-18;1-3-5-6-7-8-13-16-15-11-9-14(4-2)10-12-15;1-3-2-4(6)8-5(3)7;;;/h14-17,20-23,28H,4-13,26-27H2,1-3H3;1-15H;1-2,4-15H;2,9-12H,3,5-8,13H2,1H3;2H,1H3;2*1H;/q;;+1;;;;;+2/p-2. The topological polar surface area (TPSA) is 27.7 Å². The molecule has 0 aliphatic heterocycles. The zero-order valence-corrected chi connectivity index (χ0v) is 69.6. The first-order chi connectivity index (χ1) is 50.5. The zero-order chi connectivity index (χ0) is 73.2. The maximum atomic E-state index is 5.86. The summed E-state index contributed by atoms with van der Waals surface area (Å²) in [5.41, 5.74) is 5.33. The number of rotatable bonds is 27. The number of benzene rings is 8. The Labute approximate surface area is 661 Å². The fraction of sp³-hybridized carbons (Fsp3) is 0.253. The number of ether oxygens (including phenoxy) is 3. The molecule has 2 heterocycles. The molecule has 103 heavy (non-hydrogen) atoms. The number of hydrogen-bond donors (Lipinski definition) is 0. The van der Waals surface area contributed by atoms with Crippen molar-refractivity contribution in [2.45, 2.75) is 131 Å². The molecule has 0 bridgehead atoms. The van der Waals surface area contributed by atoms with Crippen molar-refractivity contribution in [3.8, 4) is 53.3 Å². The second-order valence-electron chi connectivity index (χ2n) is 23.8. The van der Waals surface area contributed by atoms with Crippen LogP contribution in [0.5, 0.6) is 17.2 Å². The van der Waals surface area contributed by atoms with Crippen molar-refractivity contribution in [1.82, 2.24) is 0 Å². The Kier molecular flexibility index (Phi) is 44.1. The molecule has 0 spiro atoms. The number of aryl methyl sites for hydroxylation is 2. The molecule has 0 amide bonds. The summed E-state index contributed by atoms with van der Waals surface area (Å²) in [6.45, 7) is 13.2. The minimum Gasteiger partial charge on any atom is -0.0622 e. The fourth-order valence-electron chi connectivity index (χ4n) is 10.3. The molecular formula is C91H95Br2Cl2O3P2PdS2+. The van der Waals surface area contributed by atoms with Gasteiger partial charge in [-0.2, -0.15) is 0 Å². The Balaban J connectivity index is 0.000000217. The number of hydrogen-bond acceptors (Lipinski definition) is 5. The maximum absolute atomic E-state index is 5.86. The number of halogens is 4. The van der Waals surface area contributed by atoms with Crippen molar-refractivity contribution in [3.63, 3.8) is 0 Å². The van der Waals surface area contributed by atoms with Crippen LogP contribution in [0.25, 0.3) is 0 Å². The van der Waals surface area contributed by atoms with Gasteiger partial charge in [-0.15, -0.1) is 29.1 Å². The first kappa shape index (κ1) is 85.4. The van der Waals surface area contributed by atoms with Crippen molar-refractivity contribution >= 4 is 116 Å². The average molecular weight is 1700 g/mol. The molecule has 3 nitrogen and oxygen atoms in total. The molecule has 0 N–H and O–H groups in total. The number of unbranched alkanes of at least 4 members (excludes halogenated alkanes) is 12. The molecular weight excluding hydrogens is 1600 g/mol. The molecule has 1 aliphatic carbocycles. The Morgan fingerprint density at radius 2 is 0.786 bits per heavy atom. The first-order valence-corrected chi connectivity index (χ1v) is 45.3. The van der Waals surface area contributed by atoms with E-state index in [2.05, 4.69) is 278 Å². The number of thiophene rings is 2. The third-order valence-electron chi connectivity index (χ3n) is 15.7. The summed E-state index contributed by atoms with van der Waals surface area (Å²) in [6, 6.07) is 81.8. The van der Waals surface area contributed by atoms with Crippen molar-refractivity contribution in [2.24, 2.45) is 0 Å². The van der Waals surface area contributed by atoms with E-state index < -0.39 is 15.8 Å². The van der Waals surface area contributed by atoms with Crippen LogP contribution in [0.15, 0.2) is 274 Å². The summed E-state index contributed by atoms with van der Waals surface area (Å²) in [4.78, 5) is 2.09. The van der Waals surface area contributed by atoms with Crippen molar-refractivity contribution < 1.29 is 30.2 Å². The van der Waals surface area contributed by atoms with Crippen LogP contribution in [0.4, 0.5) is 0 Å². The monoisotopic (exact) mass is 1700 g/mol. The molecule has 0 fully saturated rings. The smallest absolute Gasteiger partial charge is 0.0134 e. The predicted molar refractivity (Wildman–Crippen MR) is 456 cm³/mol. The summed E-state index contributed by atoms with van der Waals surface area (Å²) in [5.74, 6) is 18.5. The Hall–Kier alpha value is -6.57. The molecule has 8 aromatic carbocycles. The van der Waals surface area contributed by atoms with Gasteiger partial charge in [-0.25, -0.2) is 0 Å². The molecule has 2 aromatic heterocycles. The van der Waals surface area contributed by atoms with Crippen LogP contribution in [0.3, 0.4) is 0 Å². The second-order valence-corrected chi connectivity index (χ2v) is 35.4. The molecule has 1 aliphatic rings. The van der Waals surface area contributed by atoms with Crippen LogP contribution in [-0.4, -0.2) is 19.8 Å². The van der Waals surface area contributed by atoms with Gasteiger partial charge in [0.15, 0.2) is 0 Å². The van der Waals surface area contributed by atoms with E-state index in [0.717, 1.165) is 88.3 Å². The summed E-state index contributed by atoms with van der Waals surface area (Å²) in [7, 11) is 8.72. The van der Waals surface area contributed by atoms with Crippen molar-refractivity contribution in [2.75, 3.05) is 19.8 Å². The van der Waals surface area contributed by atoms with Gasteiger partial charge in [-0.05, 0) is 195 Å². The maximum Gasteiger partial charge on any atom is -0.0134 e. The Morgan fingerprint density at radius 3 is 1.11 bits per heavy atom. The second kappa shape index (κ2) is 53.2. The van der Waals surface area contributed by atoms with Gasteiger partial charge in [0.05, 0.1) is 54.6 Å². The van der Waals surface area contributed by atoms with Crippen LogP contribution in [0.1, 0.15) is 155 Å². The van der Waals surface area contributed by atoms with E-state index in [-0.39, 0.29) is 15.9 Å². The molecule has 0 saturated heterocycles. The summed E-state index contributed by atoms with van der Waals surface area (Å²) >= 11 is 10.0. The minimum absolute atomic E-state index is 0.106. The molecule has 0 saturated carbocycles. The minimum atomic E-state index is -0.466. The van der Waals surface area contributed by atoms with Crippen LogP contribution in [0.2, 0.25) is 0 Å². The van der Waals surface area contributed by atoms with Crippen LogP contribution >= 0.6 is 89.4 Å². The van der Waals surface area contributed by atoms with Gasteiger partial charge in [0.25, 0.3) is 0 Å². The summed E-state index contributed by atoms with van der Waals surface area (Å²) < 4.78 is 19.7. The van der Waals surface area contributed by atoms with E-state index in [1.165, 1.54) is 122 Å². The normalized spacial score (nSPS) is 10.7. The van der Waals surface area contributed by atoms with Gasteiger partial charge in [-0.1, -0.05) is 279 Å². The van der Waals surface area contributed by atoms with Gasteiger partial charge in [0.2, 0.25) is 0 Å². The SMILES string of the molecule is C#Cc1ccc(OCCCCCCC)cc1.CCCCCCCOc1ccc(C#Cc2cc(C)c(C#Cc3ccc(OCCCCCCC)cc3)s2)cc1.Cc1cc(Br)sc1Br.[C+]1=CC=C(P(c2ccccc2)c2ccccc2)C=C1.[Cl][Pd][Cl].c1ccc(P(c2ccccc2)c2ccccc2)cc1. The number of allylic oxidation sites excluding steroid dienone is 6. The largest absolute Gasteiger partial charge is 0.0622 e. The predicted octanol–water partition coefficient (Wildman–Crippen LogP) is 25.9. The van der Waals surface area contributed by atoms with Crippen LogP contribution < -0.4 is 40.7 Å². The van der Waals surface area contributed by atoms with E-state index in [0.29, 0.717) is 0 Å². The van der Waals surface area contributed by atoms with Crippen LogP contribution in [0, 0.1) is 55.9 Å². The van der Waals surface area contributed by atoms with Gasteiger partial charge in [0, 0.05) is 30.7 Å². The zero-order valence-electron chi connectivity index (χ0n) is 59.9. The van der Waals surface area contributed by atoms with Gasteiger partial charge in [0.1, 0.15) is 29.4 Å². The van der Waals surface area contributed by atoms with Crippen molar-refractivity contribution in [1.29, 1.82) is 0 Å². The molecule has 0 unspecified atom stereocenters. The van der Waals surface area contributed by atoms with E-state index in [1.54, 1.807) is 22.7 Å².